The van der Waals surface area contributed by atoms with Gasteiger partial charge >= 0.3 is 0 Å². The third-order valence-electron chi connectivity index (χ3n) is 2.26. The van der Waals surface area contributed by atoms with Gasteiger partial charge in [0, 0.05) is 25.0 Å². The standard InChI is InChI=1S/C10H21NOS/c1-2-12-7-4-6-11-10-5-3-8-13-9-10/h10-11H,2-9H2,1H3. The topological polar surface area (TPSA) is 21.3 Å². The van der Waals surface area contributed by atoms with Crippen LogP contribution >= 0.6 is 11.8 Å². The first-order chi connectivity index (χ1) is 6.43. The quantitative estimate of drug-likeness (QED) is 0.666. The first-order valence-corrected chi connectivity index (χ1v) is 6.48. The molecule has 0 spiro atoms. The summed E-state index contributed by atoms with van der Waals surface area (Å²) >= 11 is 2.08. The van der Waals surface area contributed by atoms with Gasteiger partial charge < -0.3 is 10.1 Å². The van der Waals surface area contributed by atoms with Crippen LogP contribution in [-0.4, -0.2) is 37.3 Å². The van der Waals surface area contributed by atoms with Crippen molar-refractivity contribution in [2.75, 3.05) is 31.3 Å². The van der Waals surface area contributed by atoms with Gasteiger partial charge in [0.2, 0.25) is 0 Å². The minimum absolute atomic E-state index is 0.764. The zero-order valence-corrected chi connectivity index (χ0v) is 9.37. The summed E-state index contributed by atoms with van der Waals surface area (Å²) in [4.78, 5) is 0. The van der Waals surface area contributed by atoms with E-state index in [0.29, 0.717) is 0 Å². The molecule has 0 aromatic heterocycles. The van der Waals surface area contributed by atoms with Crippen LogP contribution < -0.4 is 5.32 Å². The van der Waals surface area contributed by atoms with Gasteiger partial charge in [-0.1, -0.05) is 0 Å². The van der Waals surface area contributed by atoms with Gasteiger partial charge in [0.25, 0.3) is 0 Å². The number of nitrogens with one attached hydrogen (secondary N) is 1. The summed E-state index contributed by atoms with van der Waals surface area (Å²) in [6, 6.07) is 0.764. The van der Waals surface area contributed by atoms with Crippen molar-refractivity contribution in [3.63, 3.8) is 0 Å². The Hall–Kier alpha value is 0.270. The molecule has 1 aliphatic rings. The molecule has 0 bridgehead atoms. The van der Waals surface area contributed by atoms with Crippen LogP contribution in [0.5, 0.6) is 0 Å². The van der Waals surface area contributed by atoms with Crippen molar-refractivity contribution in [1.82, 2.24) is 5.32 Å². The van der Waals surface area contributed by atoms with Gasteiger partial charge in [-0.05, 0) is 38.5 Å². The summed E-state index contributed by atoms with van der Waals surface area (Å²) in [7, 11) is 0. The first kappa shape index (κ1) is 11.3. The molecule has 1 atom stereocenters. The van der Waals surface area contributed by atoms with Crippen LogP contribution in [0.4, 0.5) is 0 Å². The number of hydrogen-bond acceptors (Lipinski definition) is 3. The average Bonchev–Trinajstić information content (AvgIpc) is 2.19. The second-order valence-corrected chi connectivity index (χ2v) is 4.57. The highest BCUT2D eigenvalue weighted by molar-refractivity contribution is 7.99. The molecule has 0 amide bonds. The van der Waals surface area contributed by atoms with Gasteiger partial charge in [-0.2, -0.15) is 11.8 Å². The second-order valence-electron chi connectivity index (χ2n) is 3.42. The maximum atomic E-state index is 5.28. The molecule has 78 valence electrons. The van der Waals surface area contributed by atoms with Crippen LogP contribution in [0, 0.1) is 0 Å². The van der Waals surface area contributed by atoms with E-state index >= 15 is 0 Å². The molecule has 1 saturated heterocycles. The smallest absolute Gasteiger partial charge is 0.0477 e. The van der Waals surface area contributed by atoms with Gasteiger partial charge in [-0.3, -0.25) is 0 Å². The lowest BCUT2D eigenvalue weighted by molar-refractivity contribution is 0.144. The Labute approximate surface area is 85.8 Å². The van der Waals surface area contributed by atoms with E-state index in [1.807, 2.05) is 6.92 Å². The zero-order valence-electron chi connectivity index (χ0n) is 8.55. The molecule has 1 fully saturated rings. The van der Waals surface area contributed by atoms with Gasteiger partial charge in [0.05, 0.1) is 0 Å². The molecule has 0 radical (unpaired) electrons. The monoisotopic (exact) mass is 203 g/mol. The number of hydrogen-bond donors (Lipinski definition) is 1. The molecule has 1 N–H and O–H groups in total. The number of thioether (sulfide) groups is 1. The molecule has 2 nitrogen and oxygen atoms in total. The third-order valence-corrected chi connectivity index (χ3v) is 3.48. The molecule has 0 aromatic rings. The summed E-state index contributed by atoms with van der Waals surface area (Å²) < 4.78 is 5.28. The van der Waals surface area contributed by atoms with Crippen LogP contribution in [0.2, 0.25) is 0 Å². The molecule has 13 heavy (non-hydrogen) atoms. The highest BCUT2D eigenvalue weighted by Gasteiger charge is 2.11. The van der Waals surface area contributed by atoms with Crippen molar-refractivity contribution in [1.29, 1.82) is 0 Å². The lowest BCUT2D eigenvalue weighted by Crippen LogP contribution is -2.34. The van der Waals surface area contributed by atoms with Crippen molar-refractivity contribution in [2.45, 2.75) is 32.2 Å². The maximum absolute atomic E-state index is 5.28. The Balaban J connectivity index is 1.86. The number of ether oxygens (including phenoxy) is 1. The van der Waals surface area contributed by atoms with E-state index in [-0.39, 0.29) is 0 Å². The van der Waals surface area contributed by atoms with Crippen LogP contribution in [0.15, 0.2) is 0 Å². The molecule has 1 heterocycles. The Morgan fingerprint density at radius 3 is 3.15 bits per heavy atom. The summed E-state index contributed by atoms with van der Waals surface area (Å²) in [6.07, 6.45) is 3.89. The Morgan fingerprint density at radius 1 is 1.54 bits per heavy atom. The minimum Gasteiger partial charge on any atom is -0.382 e. The van der Waals surface area contributed by atoms with E-state index in [4.69, 9.17) is 4.74 Å². The third kappa shape index (κ3) is 5.55. The molecule has 1 rings (SSSR count). The van der Waals surface area contributed by atoms with Crippen molar-refractivity contribution < 1.29 is 4.74 Å². The fourth-order valence-corrected chi connectivity index (χ4v) is 2.63. The van der Waals surface area contributed by atoms with E-state index in [9.17, 15) is 0 Å². The largest absolute Gasteiger partial charge is 0.382 e. The summed E-state index contributed by atoms with van der Waals surface area (Å²) in [5.41, 5.74) is 0. The summed E-state index contributed by atoms with van der Waals surface area (Å²) in [6.45, 7) is 4.92. The maximum Gasteiger partial charge on any atom is 0.0477 e. The molecule has 0 aliphatic carbocycles. The summed E-state index contributed by atoms with van der Waals surface area (Å²) in [5, 5.41) is 3.58. The highest BCUT2D eigenvalue weighted by atomic mass is 32.2. The number of rotatable bonds is 6. The van der Waals surface area contributed by atoms with Crippen molar-refractivity contribution >= 4 is 11.8 Å². The zero-order chi connectivity index (χ0) is 9.36. The van der Waals surface area contributed by atoms with Crippen molar-refractivity contribution in [2.24, 2.45) is 0 Å². The van der Waals surface area contributed by atoms with E-state index in [2.05, 4.69) is 17.1 Å². The average molecular weight is 203 g/mol. The molecule has 1 aliphatic heterocycles. The van der Waals surface area contributed by atoms with Crippen molar-refractivity contribution in [3.05, 3.63) is 0 Å². The van der Waals surface area contributed by atoms with E-state index < -0.39 is 0 Å². The SMILES string of the molecule is CCOCCCNC1CCCSC1. The first-order valence-electron chi connectivity index (χ1n) is 5.32. The molecular formula is C10H21NOS. The van der Waals surface area contributed by atoms with Crippen molar-refractivity contribution in [3.8, 4) is 0 Å². The van der Waals surface area contributed by atoms with Crippen LogP contribution in [-0.2, 0) is 4.74 Å². The van der Waals surface area contributed by atoms with Gasteiger partial charge in [-0.15, -0.1) is 0 Å². The van der Waals surface area contributed by atoms with Crippen LogP contribution in [0.1, 0.15) is 26.2 Å². The fourth-order valence-electron chi connectivity index (χ4n) is 1.53. The van der Waals surface area contributed by atoms with E-state index in [1.165, 1.54) is 24.3 Å². The van der Waals surface area contributed by atoms with Gasteiger partial charge in [0.1, 0.15) is 0 Å². The van der Waals surface area contributed by atoms with Gasteiger partial charge in [0.15, 0.2) is 0 Å². The second kappa shape index (κ2) is 7.65. The summed E-state index contributed by atoms with van der Waals surface area (Å²) in [5.74, 6) is 2.66. The molecule has 0 saturated carbocycles. The highest BCUT2D eigenvalue weighted by Crippen LogP contribution is 2.16. The Kier molecular flexibility index (Phi) is 6.68. The lowest BCUT2D eigenvalue weighted by Gasteiger charge is -2.22. The molecule has 0 aromatic carbocycles. The molecular weight excluding hydrogens is 182 g/mol. The normalized spacial score (nSPS) is 23.3. The predicted molar refractivity (Wildman–Crippen MR) is 59.5 cm³/mol. The van der Waals surface area contributed by atoms with Gasteiger partial charge in [-0.25, -0.2) is 0 Å². The molecule has 3 heteroatoms. The fraction of sp³-hybridized carbons (Fsp3) is 1.00. The van der Waals surface area contributed by atoms with E-state index in [1.54, 1.807) is 0 Å². The minimum atomic E-state index is 0.764. The van der Waals surface area contributed by atoms with Crippen LogP contribution in [0.25, 0.3) is 0 Å². The van der Waals surface area contributed by atoms with Crippen LogP contribution in [0.3, 0.4) is 0 Å². The predicted octanol–water partition coefficient (Wildman–Crippen LogP) is 1.90. The molecule has 1 unspecified atom stereocenters. The Morgan fingerprint density at radius 2 is 2.46 bits per heavy atom. The van der Waals surface area contributed by atoms with E-state index in [0.717, 1.165) is 32.2 Å². The Bertz CT molecular complexity index is 115. The lowest BCUT2D eigenvalue weighted by atomic mass is 10.2.